The third-order valence-corrected chi connectivity index (χ3v) is 4.93. The Labute approximate surface area is 133 Å². The van der Waals surface area contributed by atoms with Crippen LogP contribution < -0.4 is 0 Å². The number of furan rings is 1. The molecule has 2 aromatic heterocycles. The summed E-state index contributed by atoms with van der Waals surface area (Å²) in [7, 11) is -2.24. The van der Waals surface area contributed by atoms with Crippen molar-refractivity contribution >= 4 is 10.0 Å². The van der Waals surface area contributed by atoms with Crippen LogP contribution in [0.2, 0.25) is 0 Å². The third kappa shape index (κ3) is 3.17. The van der Waals surface area contributed by atoms with Gasteiger partial charge in [-0.3, -0.25) is 0 Å². The summed E-state index contributed by atoms with van der Waals surface area (Å²) >= 11 is 0. The Morgan fingerprint density at radius 3 is 2.57 bits per heavy atom. The summed E-state index contributed by atoms with van der Waals surface area (Å²) < 4.78 is 36.8. The quantitative estimate of drug-likeness (QED) is 0.712. The van der Waals surface area contributed by atoms with Gasteiger partial charge in [-0.2, -0.15) is 4.31 Å². The van der Waals surface area contributed by atoms with Gasteiger partial charge >= 0.3 is 0 Å². The van der Waals surface area contributed by atoms with Gasteiger partial charge in [0.1, 0.15) is 6.26 Å². The van der Waals surface area contributed by atoms with Gasteiger partial charge in [0, 0.05) is 26.6 Å². The van der Waals surface area contributed by atoms with Crippen LogP contribution >= 0.6 is 0 Å². The Morgan fingerprint density at radius 2 is 1.91 bits per heavy atom. The van der Waals surface area contributed by atoms with E-state index in [9.17, 15) is 8.42 Å². The molecular weight excluding hydrogens is 318 g/mol. The maximum Gasteiger partial charge on any atom is 0.276 e. The Hall–Kier alpha value is -2.45. The van der Waals surface area contributed by atoms with E-state index in [2.05, 4.69) is 10.2 Å². The molecule has 0 atom stereocenters. The third-order valence-electron chi connectivity index (χ3n) is 3.26. The van der Waals surface area contributed by atoms with Crippen molar-refractivity contribution in [3.05, 3.63) is 54.1 Å². The smallest absolute Gasteiger partial charge is 0.276 e. The van der Waals surface area contributed by atoms with Gasteiger partial charge in [0.2, 0.25) is 11.0 Å². The van der Waals surface area contributed by atoms with Crippen LogP contribution in [0, 0.1) is 6.92 Å². The number of sulfonamides is 1. The van der Waals surface area contributed by atoms with Crippen LogP contribution in [-0.2, 0) is 16.6 Å². The first kappa shape index (κ1) is 15.4. The van der Waals surface area contributed by atoms with Crippen LogP contribution in [0.25, 0.3) is 11.5 Å². The zero-order valence-corrected chi connectivity index (χ0v) is 13.4. The molecule has 3 rings (SSSR count). The average Bonchev–Trinajstić information content (AvgIpc) is 3.17. The predicted molar refractivity (Wildman–Crippen MR) is 81.8 cm³/mol. The Bertz CT molecular complexity index is 900. The van der Waals surface area contributed by atoms with Crippen LogP contribution in [0.4, 0.5) is 0 Å². The average molecular weight is 333 g/mol. The van der Waals surface area contributed by atoms with Gasteiger partial charge < -0.3 is 8.83 Å². The fourth-order valence-electron chi connectivity index (χ4n) is 2.06. The lowest BCUT2D eigenvalue weighted by Gasteiger charge is -2.15. The van der Waals surface area contributed by atoms with Crippen LogP contribution in [0.1, 0.15) is 11.5 Å². The monoisotopic (exact) mass is 333 g/mol. The van der Waals surface area contributed by atoms with Crippen molar-refractivity contribution in [1.29, 1.82) is 0 Å². The van der Waals surface area contributed by atoms with Crippen molar-refractivity contribution in [2.45, 2.75) is 18.6 Å². The van der Waals surface area contributed by atoms with Gasteiger partial charge in [0.15, 0.2) is 0 Å². The molecular formula is C15H15N3O4S. The molecule has 0 aliphatic rings. The molecule has 0 aliphatic carbocycles. The van der Waals surface area contributed by atoms with Crippen molar-refractivity contribution in [2.24, 2.45) is 0 Å². The fourth-order valence-corrected chi connectivity index (χ4v) is 3.13. The number of benzene rings is 1. The number of aryl methyl sites for hydroxylation is 1. The molecule has 0 unspecified atom stereocenters. The Kier molecular flexibility index (Phi) is 4.01. The van der Waals surface area contributed by atoms with Gasteiger partial charge in [-0.15, -0.1) is 10.2 Å². The SMILES string of the molecule is Cc1nnc(-c2coc(S(=O)(=O)N(C)Cc3ccccc3)c2)o1. The molecule has 0 radical (unpaired) electrons. The van der Waals surface area contributed by atoms with Gasteiger partial charge in [-0.25, -0.2) is 8.42 Å². The molecule has 0 N–H and O–H groups in total. The summed E-state index contributed by atoms with van der Waals surface area (Å²) in [5, 5.41) is 7.38. The first-order chi connectivity index (χ1) is 11.0. The molecule has 1 aromatic carbocycles. The van der Waals surface area contributed by atoms with E-state index in [4.69, 9.17) is 8.83 Å². The van der Waals surface area contributed by atoms with Gasteiger partial charge in [-0.1, -0.05) is 30.3 Å². The molecule has 0 aliphatic heterocycles. The minimum absolute atomic E-state index is 0.165. The maximum absolute atomic E-state index is 12.6. The van der Waals surface area contributed by atoms with Crippen molar-refractivity contribution in [3.8, 4) is 11.5 Å². The van der Waals surface area contributed by atoms with E-state index in [0.717, 1.165) is 5.56 Å². The standard InChI is InChI=1S/C15H15N3O4S/c1-11-16-17-15(22-11)13-8-14(21-10-13)23(19,20)18(2)9-12-6-4-3-5-7-12/h3-8,10H,9H2,1-2H3. The lowest BCUT2D eigenvalue weighted by Crippen LogP contribution is -2.26. The summed E-state index contributed by atoms with van der Waals surface area (Å²) in [5.74, 6) is 0.616. The molecule has 0 bridgehead atoms. The lowest BCUT2D eigenvalue weighted by atomic mass is 10.2. The molecule has 8 heteroatoms. The number of aromatic nitrogens is 2. The van der Waals surface area contributed by atoms with Crippen molar-refractivity contribution in [2.75, 3.05) is 7.05 Å². The number of hydrogen-bond acceptors (Lipinski definition) is 6. The second-order valence-corrected chi connectivity index (χ2v) is 7.00. The van der Waals surface area contributed by atoms with Crippen LogP contribution in [0.15, 0.2) is 56.6 Å². The van der Waals surface area contributed by atoms with E-state index < -0.39 is 10.0 Å². The van der Waals surface area contributed by atoms with E-state index in [1.165, 1.54) is 23.7 Å². The van der Waals surface area contributed by atoms with Crippen LogP contribution in [0.3, 0.4) is 0 Å². The highest BCUT2D eigenvalue weighted by molar-refractivity contribution is 7.88. The Morgan fingerprint density at radius 1 is 1.17 bits per heavy atom. The summed E-state index contributed by atoms with van der Waals surface area (Å²) in [6, 6.07) is 10.7. The highest BCUT2D eigenvalue weighted by atomic mass is 32.2. The zero-order valence-electron chi connectivity index (χ0n) is 12.6. The molecule has 0 fully saturated rings. The zero-order chi connectivity index (χ0) is 16.4. The summed E-state index contributed by atoms with van der Waals surface area (Å²) in [5.41, 5.74) is 1.31. The van der Waals surface area contributed by atoms with Gasteiger partial charge in [0.25, 0.3) is 15.9 Å². The van der Waals surface area contributed by atoms with Crippen LogP contribution in [-0.4, -0.2) is 30.0 Å². The van der Waals surface area contributed by atoms with E-state index in [0.29, 0.717) is 11.5 Å². The minimum atomic E-state index is -3.74. The molecule has 7 nitrogen and oxygen atoms in total. The summed E-state index contributed by atoms with van der Waals surface area (Å²) in [4.78, 5) is 0. The number of rotatable bonds is 5. The minimum Gasteiger partial charge on any atom is -0.451 e. The second-order valence-electron chi connectivity index (χ2n) is 5.03. The number of hydrogen-bond donors (Lipinski definition) is 0. The first-order valence-corrected chi connectivity index (χ1v) is 8.30. The maximum atomic E-state index is 12.6. The fraction of sp³-hybridized carbons (Fsp3) is 0.200. The van der Waals surface area contributed by atoms with E-state index in [-0.39, 0.29) is 17.5 Å². The molecule has 0 saturated heterocycles. The van der Waals surface area contributed by atoms with Crippen molar-refractivity contribution in [1.82, 2.24) is 14.5 Å². The molecule has 0 spiro atoms. The molecule has 2 heterocycles. The first-order valence-electron chi connectivity index (χ1n) is 6.86. The van der Waals surface area contributed by atoms with Gasteiger partial charge in [0.05, 0.1) is 5.56 Å². The van der Waals surface area contributed by atoms with E-state index in [1.54, 1.807) is 6.92 Å². The highest BCUT2D eigenvalue weighted by Crippen LogP contribution is 2.25. The normalized spacial score (nSPS) is 12.0. The highest BCUT2D eigenvalue weighted by Gasteiger charge is 2.26. The van der Waals surface area contributed by atoms with E-state index in [1.807, 2.05) is 30.3 Å². The molecule has 0 amide bonds. The van der Waals surface area contributed by atoms with Crippen molar-refractivity contribution < 1.29 is 17.3 Å². The second kappa shape index (κ2) is 5.98. The summed E-state index contributed by atoms with van der Waals surface area (Å²) in [6.07, 6.45) is 1.29. The van der Waals surface area contributed by atoms with Crippen molar-refractivity contribution in [3.63, 3.8) is 0 Å². The topological polar surface area (TPSA) is 89.4 Å². The molecule has 23 heavy (non-hydrogen) atoms. The molecule has 3 aromatic rings. The predicted octanol–water partition coefficient (Wildman–Crippen LogP) is 2.46. The van der Waals surface area contributed by atoms with Crippen LogP contribution in [0.5, 0.6) is 0 Å². The lowest BCUT2D eigenvalue weighted by molar-refractivity contribution is 0.407. The molecule has 0 saturated carbocycles. The van der Waals surface area contributed by atoms with E-state index >= 15 is 0 Å². The molecule has 120 valence electrons. The summed E-state index contributed by atoms with van der Waals surface area (Å²) in [6.45, 7) is 1.90. The Balaban J connectivity index is 1.83. The number of nitrogens with zero attached hydrogens (tertiary/aromatic N) is 3. The van der Waals surface area contributed by atoms with Gasteiger partial charge in [-0.05, 0) is 5.56 Å². The largest absolute Gasteiger partial charge is 0.451 e.